The lowest BCUT2D eigenvalue weighted by atomic mass is 10.1. The molecule has 0 atom stereocenters. The van der Waals surface area contributed by atoms with Crippen molar-refractivity contribution in [2.24, 2.45) is 0 Å². The lowest BCUT2D eigenvalue weighted by Crippen LogP contribution is -2.36. The number of unbranched alkanes of at least 4 members (excludes halogenated alkanes) is 5. The molecule has 114 valence electrons. The quantitative estimate of drug-likeness (QED) is 0.617. The van der Waals surface area contributed by atoms with E-state index >= 15 is 0 Å². The zero-order valence-electron chi connectivity index (χ0n) is 12.3. The summed E-state index contributed by atoms with van der Waals surface area (Å²) in [5.74, 6) is 0. The van der Waals surface area contributed by atoms with Crippen LogP contribution in [0.2, 0.25) is 0 Å². The monoisotopic (exact) mass is 298 g/mol. The minimum absolute atomic E-state index is 0.326. The fourth-order valence-corrected chi connectivity index (χ4v) is 2.81. The van der Waals surface area contributed by atoms with Gasteiger partial charge < -0.3 is 0 Å². The van der Waals surface area contributed by atoms with E-state index in [1.807, 2.05) is 30.3 Å². The molecule has 0 heterocycles. The maximum absolute atomic E-state index is 11.7. The summed E-state index contributed by atoms with van der Waals surface area (Å²) in [7, 11) is -3.38. The molecule has 0 radical (unpaired) electrons. The molecule has 0 unspecified atom stereocenters. The van der Waals surface area contributed by atoms with Crippen LogP contribution in [0.5, 0.6) is 0 Å². The highest BCUT2D eigenvalue weighted by Gasteiger charge is 2.07. The first kappa shape index (κ1) is 17.1. The van der Waals surface area contributed by atoms with E-state index in [-0.39, 0.29) is 0 Å². The van der Waals surface area contributed by atoms with Crippen LogP contribution in [0.25, 0.3) is 0 Å². The molecule has 5 heteroatoms. The molecule has 0 saturated carbocycles. The number of hydrogen-bond acceptors (Lipinski definition) is 2. The second-order valence-electron chi connectivity index (χ2n) is 4.97. The van der Waals surface area contributed by atoms with Crippen molar-refractivity contribution >= 4 is 10.2 Å². The van der Waals surface area contributed by atoms with Crippen molar-refractivity contribution in [2.45, 2.75) is 52.0 Å². The topological polar surface area (TPSA) is 58.2 Å². The van der Waals surface area contributed by atoms with Crippen LogP contribution in [0.3, 0.4) is 0 Å². The van der Waals surface area contributed by atoms with Gasteiger partial charge in [0.05, 0.1) is 0 Å². The number of nitrogens with one attached hydrogen (secondary N) is 2. The zero-order chi connectivity index (χ0) is 14.7. The van der Waals surface area contributed by atoms with Crippen LogP contribution < -0.4 is 9.44 Å². The van der Waals surface area contributed by atoms with E-state index in [0.29, 0.717) is 13.1 Å². The third-order valence-corrected chi connectivity index (χ3v) is 4.24. The van der Waals surface area contributed by atoms with E-state index < -0.39 is 10.2 Å². The summed E-state index contributed by atoms with van der Waals surface area (Å²) in [6.45, 7) is 3.02. The minimum Gasteiger partial charge on any atom is -0.202 e. The number of hydrogen-bond donors (Lipinski definition) is 2. The minimum atomic E-state index is -3.38. The summed E-state index contributed by atoms with van der Waals surface area (Å²) in [6, 6.07) is 9.50. The Balaban J connectivity index is 2.12. The summed E-state index contributed by atoms with van der Waals surface area (Å²) in [5, 5.41) is 0. The van der Waals surface area contributed by atoms with Crippen molar-refractivity contribution in [3.8, 4) is 0 Å². The highest BCUT2D eigenvalue weighted by molar-refractivity contribution is 7.87. The Morgan fingerprint density at radius 1 is 0.900 bits per heavy atom. The fourth-order valence-electron chi connectivity index (χ4n) is 1.94. The number of benzene rings is 1. The highest BCUT2D eigenvalue weighted by atomic mass is 32.2. The summed E-state index contributed by atoms with van der Waals surface area (Å²) < 4.78 is 28.6. The molecule has 0 bridgehead atoms. The van der Waals surface area contributed by atoms with Gasteiger partial charge in [-0.15, -0.1) is 0 Å². The molecular formula is C15H26N2O2S. The second-order valence-corrected chi connectivity index (χ2v) is 6.56. The molecule has 0 aliphatic carbocycles. The third-order valence-electron chi connectivity index (χ3n) is 3.13. The third kappa shape index (κ3) is 8.30. The molecule has 0 aliphatic rings. The smallest absolute Gasteiger partial charge is 0.202 e. The highest BCUT2D eigenvalue weighted by Crippen LogP contribution is 2.04. The SMILES string of the molecule is CCCCCCCCNS(=O)(=O)NCc1ccccc1. The van der Waals surface area contributed by atoms with Crippen LogP contribution in [-0.4, -0.2) is 15.0 Å². The fraction of sp³-hybridized carbons (Fsp3) is 0.600. The molecule has 0 saturated heterocycles. The average molecular weight is 298 g/mol. The van der Waals surface area contributed by atoms with Gasteiger partial charge in [-0.05, 0) is 12.0 Å². The molecule has 1 aromatic carbocycles. The molecule has 0 aromatic heterocycles. The summed E-state index contributed by atoms with van der Waals surface area (Å²) in [4.78, 5) is 0. The van der Waals surface area contributed by atoms with E-state index in [1.54, 1.807) is 0 Å². The Morgan fingerprint density at radius 2 is 1.55 bits per heavy atom. The van der Waals surface area contributed by atoms with E-state index in [2.05, 4.69) is 16.4 Å². The predicted molar refractivity (Wildman–Crippen MR) is 83.6 cm³/mol. The van der Waals surface area contributed by atoms with Crippen LogP contribution in [0.4, 0.5) is 0 Å². The molecule has 1 rings (SSSR count). The van der Waals surface area contributed by atoms with Gasteiger partial charge in [0.15, 0.2) is 0 Å². The lowest BCUT2D eigenvalue weighted by molar-refractivity contribution is 0.555. The van der Waals surface area contributed by atoms with Gasteiger partial charge in [0.25, 0.3) is 10.2 Å². The van der Waals surface area contributed by atoms with Crippen LogP contribution in [-0.2, 0) is 16.8 Å². The van der Waals surface area contributed by atoms with Gasteiger partial charge in [0.2, 0.25) is 0 Å². The first-order valence-corrected chi connectivity index (χ1v) is 8.90. The summed E-state index contributed by atoms with van der Waals surface area (Å²) in [5.41, 5.74) is 0.956. The molecule has 4 nitrogen and oxygen atoms in total. The van der Waals surface area contributed by atoms with Crippen molar-refractivity contribution in [1.82, 2.24) is 9.44 Å². The van der Waals surface area contributed by atoms with Crippen molar-refractivity contribution in [3.63, 3.8) is 0 Å². The lowest BCUT2D eigenvalue weighted by Gasteiger charge is -2.08. The predicted octanol–water partition coefficient (Wildman–Crippen LogP) is 2.97. The maximum atomic E-state index is 11.7. The van der Waals surface area contributed by atoms with Crippen molar-refractivity contribution in [2.75, 3.05) is 6.54 Å². The van der Waals surface area contributed by atoms with Gasteiger partial charge >= 0.3 is 0 Å². The first-order valence-electron chi connectivity index (χ1n) is 7.42. The Morgan fingerprint density at radius 3 is 2.25 bits per heavy atom. The molecule has 0 fully saturated rings. The van der Waals surface area contributed by atoms with Gasteiger partial charge in [-0.25, -0.2) is 4.72 Å². The maximum Gasteiger partial charge on any atom is 0.277 e. The van der Waals surface area contributed by atoms with E-state index in [4.69, 9.17) is 0 Å². The molecular weight excluding hydrogens is 272 g/mol. The Labute approximate surface area is 123 Å². The Hall–Kier alpha value is -0.910. The van der Waals surface area contributed by atoms with Gasteiger partial charge in [0, 0.05) is 13.1 Å². The summed E-state index contributed by atoms with van der Waals surface area (Å²) >= 11 is 0. The van der Waals surface area contributed by atoms with Gasteiger partial charge in [-0.1, -0.05) is 69.4 Å². The van der Waals surface area contributed by atoms with E-state index in [0.717, 1.165) is 18.4 Å². The molecule has 1 aromatic rings. The molecule has 0 aliphatic heterocycles. The largest absolute Gasteiger partial charge is 0.277 e. The average Bonchev–Trinajstić information content (AvgIpc) is 2.45. The van der Waals surface area contributed by atoms with Crippen molar-refractivity contribution in [3.05, 3.63) is 35.9 Å². The van der Waals surface area contributed by atoms with Crippen molar-refractivity contribution < 1.29 is 8.42 Å². The molecule has 20 heavy (non-hydrogen) atoms. The van der Waals surface area contributed by atoms with Gasteiger partial charge in [-0.2, -0.15) is 13.1 Å². The number of rotatable bonds is 11. The Bertz CT molecular complexity index is 446. The van der Waals surface area contributed by atoms with Crippen LogP contribution in [0.1, 0.15) is 51.0 Å². The first-order chi connectivity index (χ1) is 9.64. The normalized spacial score (nSPS) is 11.7. The van der Waals surface area contributed by atoms with E-state index in [9.17, 15) is 8.42 Å². The molecule has 0 spiro atoms. The van der Waals surface area contributed by atoms with Crippen LogP contribution in [0, 0.1) is 0 Å². The van der Waals surface area contributed by atoms with Crippen LogP contribution >= 0.6 is 0 Å². The zero-order valence-corrected chi connectivity index (χ0v) is 13.1. The van der Waals surface area contributed by atoms with Crippen molar-refractivity contribution in [1.29, 1.82) is 0 Å². The second kappa shape index (κ2) is 9.91. The summed E-state index contributed by atoms with van der Waals surface area (Å²) in [6.07, 6.45) is 6.92. The Kier molecular flexibility index (Phi) is 8.49. The van der Waals surface area contributed by atoms with E-state index in [1.165, 1.54) is 25.7 Å². The molecule has 2 N–H and O–H groups in total. The molecule has 0 amide bonds. The van der Waals surface area contributed by atoms with Crippen LogP contribution in [0.15, 0.2) is 30.3 Å². The standard InChI is InChI=1S/C15H26N2O2S/c1-2-3-4-5-6-10-13-16-20(18,19)17-14-15-11-8-7-9-12-15/h7-9,11-12,16-17H,2-6,10,13-14H2,1H3. The van der Waals surface area contributed by atoms with Gasteiger partial charge in [0.1, 0.15) is 0 Å². The van der Waals surface area contributed by atoms with Gasteiger partial charge in [-0.3, -0.25) is 0 Å².